The van der Waals surface area contributed by atoms with Gasteiger partial charge in [-0.3, -0.25) is 9.69 Å². The third kappa shape index (κ3) is 3.62. The Morgan fingerprint density at radius 3 is 2.63 bits per heavy atom. The molecule has 1 aromatic carbocycles. The number of amides is 1. The lowest BCUT2D eigenvalue weighted by atomic mass is 9.48. The number of hydrogen-bond donors (Lipinski definition) is 0. The summed E-state index contributed by atoms with van der Waals surface area (Å²) in [5, 5.41) is 0.899. The number of rotatable bonds is 3. The van der Waals surface area contributed by atoms with E-state index >= 15 is 0 Å². The summed E-state index contributed by atoms with van der Waals surface area (Å²) in [5.74, 6) is 3.00. The summed E-state index contributed by atoms with van der Waals surface area (Å²) in [6.07, 6.45) is 9.50. The summed E-state index contributed by atoms with van der Waals surface area (Å²) >= 11 is 5.81. The maximum atomic E-state index is 13.4. The molecule has 4 aliphatic carbocycles. The first-order valence-electron chi connectivity index (χ1n) is 10.3. The van der Waals surface area contributed by atoms with Crippen LogP contribution in [-0.2, 0) is 4.79 Å². The molecular formula is C22H27BrN2OS. The van der Waals surface area contributed by atoms with E-state index in [9.17, 15) is 4.79 Å². The van der Waals surface area contributed by atoms with Gasteiger partial charge in [0.1, 0.15) is 0 Å². The Kier molecular flexibility index (Phi) is 4.67. The SMILES string of the molecule is O=C(CC12CC3CC(CC(Br)(C3)C1)C2)N1CCCSC1=Nc1ccccc1. The number of alkyl halides is 1. The zero-order valence-corrected chi connectivity index (χ0v) is 18.1. The van der Waals surface area contributed by atoms with Crippen molar-refractivity contribution in [2.24, 2.45) is 22.2 Å². The Hall–Kier alpha value is -0.810. The van der Waals surface area contributed by atoms with Crippen LogP contribution in [0, 0.1) is 17.3 Å². The van der Waals surface area contributed by atoms with Crippen molar-refractivity contribution in [1.29, 1.82) is 0 Å². The minimum atomic E-state index is 0.227. The van der Waals surface area contributed by atoms with Crippen molar-refractivity contribution in [2.75, 3.05) is 12.3 Å². The van der Waals surface area contributed by atoms with Gasteiger partial charge in [0.25, 0.3) is 0 Å². The van der Waals surface area contributed by atoms with E-state index in [0.717, 1.165) is 41.4 Å². The second-order valence-corrected chi connectivity index (χ2v) is 12.0. The number of aliphatic imine (C=N–C) groups is 1. The van der Waals surface area contributed by atoms with Crippen LogP contribution in [0.15, 0.2) is 35.3 Å². The average Bonchev–Trinajstić information content (AvgIpc) is 2.60. The Labute approximate surface area is 174 Å². The summed E-state index contributed by atoms with van der Waals surface area (Å²) in [4.78, 5) is 20.2. The van der Waals surface area contributed by atoms with Crippen LogP contribution in [-0.4, -0.2) is 32.6 Å². The number of halogens is 1. The second-order valence-electron chi connectivity index (χ2n) is 9.27. The van der Waals surface area contributed by atoms with Crippen LogP contribution < -0.4 is 0 Å². The molecule has 5 heteroatoms. The number of amidine groups is 1. The van der Waals surface area contributed by atoms with Crippen LogP contribution >= 0.6 is 27.7 Å². The maximum absolute atomic E-state index is 13.4. The molecule has 2 unspecified atom stereocenters. The average molecular weight is 447 g/mol. The number of para-hydroxylation sites is 1. The molecule has 4 bridgehead atoms. The molecule has 144 valence electrons. The minimum Gasteiger partial charge on any atom is -0.291 e. The van der Waals surface area contributed by atoms with E-state index in [1.807, 2.05) is 35.2 Å². The Bertz CT molecular complexity index is 751. The van der Waals surface area contributed by atoms with Crippen molar-refractivity contribution in [1.82, 2.24) is 4.90 Å². The Morgan fingerprint density at radius 2 is 1.93 bits per heavy atom. The molecule has 0 N–H and O–H groups in total. The Balaban J connectivity index is 1.36. The monoisotopic (exact) mass is 446 g/mol. The molecule has 6 rings (SSSR count). The van der Waals surface area contributed by atoms with Gasteiger partial charge in [0, 0.05) is 23.0 Å². The van der Waals surface area contributed by atoms with E-state index in [4.69, 9.17) is 4.99 Å². The van der Waals surface area contributed by atoms with Crippen LogP contribution in [0.3, 0.4) is 0 Å². The van der Waals surface area contributed by atoms with Gasteiger partial charge >= 0.3 is 0 Å². The zero-order chi connectivity index (χ0) is 18.5. The minimum absolute atomic E-state index is 0.227. The van der Waals surface area contributed by atoms with Crippen LogP contribution in [0.4, 0.5) is 5.69 Å². The first-order valence-corrected chi connectivity index (χ1v) is 12.1. The molecule has 1 aliphatic heterocycles. The molecule has 0 radical (unpaired) electrons. The molecule has 5 fully saturated rings. The highest BCUT2D eigenvalue weighted by Gasteiger charge is 2.57. The van der Waals surface area contributed by atoms with Crippen LogP contribution in [0.25, 0.3) is 0 Å². The fraction of sp³-hybridized carbons (Fsp3) is 0.636. The van der Waals surface area contributed by atoms with Crippen molar-refractivity contribution in [3.63, 3.8) is 0 Å². The maximum Gasteiger partial charge on any atom is 0.229 e. The van der Waals surface area contributed by atoms with Gasteiger partial charge in [-0.25, -0.2) is 4.99 Å². The van der Waals surface area contributed by atoms with Gasteiger partial charge in [0.05, 0.1) is 5.69 Å². The molecule has 1 amide bonds. The summed E-state index contributed by atoms with van der Waals surface area (Å²) in [6, 6.07) is 10.0. The molecule has 27 heavy (non-hydrogen) atoms. The lowest BCUT2D eigenvalue weighted by Gasteiger charge is -2.60. The highest BCUT2D eigenvalue weighted by Crippen LogP contribution is 2.65. The largest absolute Gasteiger partial charge is 0.291 e. The van der Waals surface area contributed by atoms with Gasteiger partial charge in [-0.05, 0) is 74.3 Å². The summed E-state index contributed by atoms with van der Waals surface area (Å²) in [7, 11) is 0. The summed E-state index contributed by atoms with van der Waals surface area (Å²) in [5.41, 5.74) is 1.17. The fourth-order valence-electron chi connectivity index (χ4n) is 6.46. The highest BCUT2D eigenvalue weighted by atomic mass is 79.9. The number of carbonyl (C=O) groups excluding carboxylic acids is 1. The van der Waals surface area contributed by atoms with Crippen molar-refractivity contribution in [3.8, 4) is 0 Å². The number of hydrogen-bond acceptors (Lipinski definition) is 3. The molecule has 4 saturated carbocycles. The predicted octanol–water partition coefficient (Wildman–Crippen LogP) is 5.76. The molecule has 5 aliphatic rings. The third-order valence-corrected chi connectivity index (χ3v) is 8.90. The third-order valence-electron chi connectivity index (χ3n) is 6.91. The number of nitrogens with zero attached hydrogens (tertiary/aromatic N) is 2. The van der Waals surface area contributed by atoms with Gasteiger partial charge in [0.15, 0.2) is 5.17 Å². The van der Waals surface area contributed by atoms with Gasteiger partial charge < -0.3 is 0 Å². The highest BCUT2D eigenvalue weighted by molar-refractivity contribution is 9.10. The number of thioether (sulfide) groups is 1. The zero-order valence-electron chi connectivity index (χ0n) is 15.7. The second kappa shape index (κ2) is 6.91. The molecule has 3 nitrogen and oxygen atoms in total. The summed E-state index contributed by atoms with van der Waals surface area (Å²) < 4.78 is 0.314. The van der Waals surface area contributed by atoms with Crippen molar-refractivity contribution < 1.29 is 4.79 Å². The standard InChI is InChI=1S/C22H27BrN2OS/c23-22-12-16-9-17(13-22)11-21(10-16,15-22)14-19(26)25-7-4-8-27-20(25)24-18-5-2-1-3-6-18/h1-3,5-6,16-17H,4,7-15H2. The van der Waals surface area contributed by atoms with Crippen LogP contribution in [0.1, 0.15) is 51.4 Å². The van der Waals surface area contributed by atoms with Crippen molar-refractivity contribution >= 4 is 44.5 Å². The lowest BCUT2D eigenvalue weighted by molar-refractivity contribution is -0.134. The van der Waals surface area contributed by atoms with E-state index in [-0.39, 0.29) is 5.41 Å². The number of carbonyl (C=O) groups is 1. The van der Waals surface area contributed by atoms with Gasteiger partial charge in [0.2, 0.25) is 5.91 Å². The van der Waals surface area contributed by atoms with Crippen LogP contribution in [0.2, 0.25) is 0 Å². The van der Waals surface area contributed by atoms with Crippen molar-refractivity contribution in [2.45, 2.75) is 55.7 Å². The van der Waals surface area contributed by atoms with E-state index < -0.39 is 0 Å². The molecule has 1 aromatic rings. The first kappa shape index (κ1) is 18.2. The first-order chi connectivity index (χ1) is 13.0. The van der Waals surface area contributed by atoms with Crippen molar-refractivity contribution in [3.05, 3.63) is 30.3 Å². The molecule has 2 atom stereocenters. The topological polar surface area (TPSA) is 32.7 Å². The van der Waals surface area contributed by atoms with E-state index in [2.05, 4.69) is 15.9 Å². The quantitative estimate of drug-likeness (QED) is 0.552. The lowest BCUT2D eigenvalue weighted by Crippen LogP contribution is -2.54. The fourth-order valence-corrected chi connectivity index (χ4v) is 8.94. The molecule has 1 heterocycles. The summed E-state index contributed by atoms with van der Waals surface area (Å²) in [6.45, 7) is 0.819. The molecule has 0 aromatic heterocycles. The number of benzene rings is 1. The van der Waals surface area contributed by atoms with Gasteiger partial charge in [-0.15, -0.1) is 0 Å². The van der Waals surface area contributed by atoms with Crippen LogP contribution in [0.5, 0.6) is 0 Å². The van der Waals surface area contributed by atoms with E-state index in [0.29, 0.717) is 16.7 Å². The smallest absolute Gasteiger partial charge is 0.229 e. The Morgan fingerprint density at radius 1 is 1.19 bits per heavy atom. The van der Waals surface area contributed by atoms with Gasteiger partial charge in [-0.2, -0.15) is 0 Å². The normalized spacial score (nSPS) is 39.1. The molecule has 1 saturated heterocycles. The predicted molar refractivity (Wildman–Crippen MR) is 116 cm³/mol. The van der Waals surface area contributed by atoms with E-state index in [1.54, 1.807) is 11.8 Å². The molecule has 0 spiro atoms. The van der Waals surface area contributed by atoms with Gasteiger partial charge in [-0.1, -0.05) is 45.9 Å². The molecular weight excluding hydrogens is 420 g/mol. The van der Waals surface area contributed by atoms with E-state index in [1.165, 1.54) is 38.5 Å².